The van der Waals surface area contributed by atoms with Crippen LogP contribution in [-0.4, -0.2) is 41.8 Å². The highest BCUT2D eigenvalue weighted by Gasteiger charge is 2.29. The molecule has 3 rings (SSSR count). The lowest BCUT2D eigenvalue weighted by Gasteiger charge is -2.18. The van der Waals surface area contributed by atoms with Crippen LogP contribution in [0.3, 0.4) is 0 Å². The zero-order valence-electron chi connectivity index (χ0n) is 18.5. The number of aliphatic carboxylic acids is 1. The quantitative estimate of drug-likeness (QED) is 0.519. The van der Waals surface area contributed by atoms with E-state index >= 15 is 0 Å². The van der Waals surface area contributed by atoms with Gasteiger partial charge in [0, 0.05) is 30.8 Å². The van der Waals surface area contributed by atoms with Gasteiger partial charge in [-0.3, -0.25) is 9.59 Å². The van der Waals surface area contributed by atoms with Gasteiger partial charge in [-0.25, -0.2) is 4.79 Å². The molecule has 0 fully saturated rings. The molecule has 170 valence electrons. The summed E-state index contributed by atoms with van der Waals surface area (Å²) < 4.78 is 5.51. The molecule has 2 atom stereocenters. The molecule has 0 radical (unpaired) electrons. The zero-order chi connectivity index (χ0) is 23.1. The number of ether oxygens (including phenoxy) is 1. The summed E-state index contributed by atoms with van der Waals surface area (Å²) in [6, 6.07) is 15.8. The summed E-state index contributed by atoms with van der Waals surface area (Å²) in [5.41, 5.74) is 4.62. The number of carbonyl (C=O) groups excluding carboxylic acids is 2. The van der Waals surface area contributed by atoms with Crippen molar-refractivity contribution in [3.8, 4) is 11.1 Å². The van der Waals surface area contributed by atoms with Crippen LogP contribution in [0.25, 0.3) is 11.1 Å². The number of carboxylic acids is 1. The molecule has 3 N–H and O–H groups in total. The molecule has 32 heavy (non-hydrogen) atoms. The molecule has 7 nitrogen and oxygen atoms in total. The van der Waals surface area contributed by atoms with Crippen molar-refractivity contribution in [2.24, 2.45) is 0 Å². The Morgan fingerprint density at radius 3 is 2.12 bits per heavy atom. The van der Waals surface area contributed by atoms with Crippen LogP contribution >= 0.6 is 0 Å². The molecule has 0 aromatic heterocycles. The lowest BCUT2D eigenvalue weighted by Crippen LogP contribution is -2.40. The summed E-state index contributed by atoms with van der Waals surface area (Å²) in [5, 5.41) is 14.2. The molecular formula is C25H30N2O5. The maximum absolute atomic E-state index is 12.3. The first kappa shape index (κ1) is 23.3. The Balaban J connectivity index is 1.45. The minimum atomic E-state index is -0.843. The Morgan fingerprint density at radius 1 is 0.938 bits per heavy atom. The molecule has 0 spiro atoms. The van der Waals surface area contributed by atoms with Crippen molar-refractivity contribution in [1.82, 2.24) is 10.6 Å². The minimum Gasteiger partial charge on any atom is -0.481 e. The van der Waals surface area contributed by atoms with Gasteiger partial charge in [0.05, 0.1) is 0 Å². The highest BCUT2D eigenvalue weighted by atomic mass is 16.5. The number of nitrogens with one attached hydrogen (secondary N) is 2. The standard InChI is InChI=1S/C25H30N2O5/c1-16(8-7-13-24(29)30)26-23(28)14-17(2)27-25(31)32-15-22-20-11-5-3-9-18(20)19-10-4-6-12-21(19)22/h3-6,9-12,16-17,22H,7-8,13-15H2,1-2H3,(H,26,28)(H,27,31)(H,29,30)/t16?,17-/m1/s1. The summed E-state index contributed by atoms with van der Waals surface area (Å²) in [6.45, 7) is 3.80. The van der Waals surface area contributed by atoms with Crippen LogP contribution in [0.4, 0.5) is 4.79 Å². The molecule has 1 unspecified atom stereocenters. The van der Waals surface area contributed by atoms with Gasteiger partial charge < -0.3 is 20.5 Å². The van der Waals surface area contributed by atoms with Crippen molar-refractivity contribution in [2.75, 3.05) is 6.61 Å². The molecule has 0 saturated heterocycles. The lowest BCUT2D eigenvalue weighted by atomic mass is 9.98. The molecule has 1 aliphatic rings. The number of hydrogen-bond donors (Lipinski definition) is 3. The second-order valence-electron chi connectivity index (χ2n) is 8.33. The highest BCUT2D eigenvalue weighted by Crippen LogP contribution is 2.44. The van der Waals surface area contributed by atoms with Gasteiger partial charge in [0.25, 0.3) is 0 Å². The van der Waals surface area contributed by atoms with Crippen LogP contribution < -0.4 is 10.6 Å². The van der Waals surface area contributed by atoms with Crippen LogP contribution in [0.2, 0.25) is 0 Å². The van der Waals surface area contributed by atoms with E-state index in [0.717, 1.165) is 11.1 Å². The maximum Gasteiger partial charge on any atom is 0.407 e. The van der Waals surface area contributed by atoms with Gasteiger partial charge in [0.15, 0.2) is 0 Å². The molecule has 2 amide bonds. The predicted octanol–water partition coefficient (Wildman–Crippen LogP) is 4.06. The number of alkyl carbamates (subject to hydrolysis) is 1. The fourth-order valence-corrected chi connectivity index (χ4v) is 4.14. The Hall–Kier alpha value is -3.35. The van der Waals surface area contributed by atoms with E-state index in [1.165, 1.54) is 11.1 Å². The second-order valence-corrected chi connectivity index (χ2v) is 8.33. The average Bonchev–Trinajstić information content (AvgIpc) is 3.05. The Kier molecular flexibility index (Phi) is 7.87. The Morgan fingerprint density at radius 2 is 1.53 bits per heavy atom. The molecule has 2 aromatic rings. The van der Waals surface area contributed by atoms with Crippen molar-refractivity contribution in [3.63, 3.8) is 0 Å². The van der Waals surface area contributed by atoms with E-state index < -0.39 is 18.1 Å². The van der Waals surface area contributed by atoms with E-state index in [2.05, 4.69) is 34.9 Å². The highest BCUT2D eigenvalue weighted by molar-refractivity contribution is 5.79. The first-order valence-electron chi connectivity index (χ1n) is 11.0. The van der Waals surface area contributed by atoms with E-state index in [0.29, 0.717) is 12.8 Å². The van der Waals surface area contributed by atoms with Crippen LogP contribution in [0.1, 0.15) is 56.6 Å². The van der Waals surface area contributed by atoms with Crippen molar-refractivity contribution < 1.29 is 24.2 Å². The monoisotopic (exact) mass is 438 g/mol. The molecule has 2 aromatic carbocycles. The third kappa shape index (κ3) is 6.09. The molecule has 0 bridgehead atoms. The number of fused-ring (bicyclic) bond motifs is 3. The van der Waals surface area contributed by atoms with E-state index in [1.807, 2.05) is 31.2 Å². The maximum atomic E-state index is 12.3. The summed E-state index contributed by atoms with van der Waals surface area (Å²) in [6.07, 6.45) is 0.742. The van der Waals surface area contributed by atoms with E-state index in [4.69, 9.17) is 9.84 Å². The van der Waals surface area contributed by atoms with Gasteiger partial charge in [0.1, 0.15) is 6.61 Å². The topological polar surface area (TPSA) is 105 Å². The Bertz CT molecular complexity index is 929. The number of benzene rings is 2. The summed E-state index contributed by atoms with van der Waals surface area (Å²) in [5.74, 6) is -1.05. The summed E-state index contributed by atoms with van der Waals surface area (Å²) >= 11 is 0. The van der Waals surface area contributed by atoms with Gasteiger partial charge >= 0.3 is 12.1 Å². The lowest BCUT2D eigenvalue weighted by molar-refractivity contribution is -0.137. The normalized spacial score (nSPS) is 14.1. The van der Waals surface area contributed by atoms with Gasteiger partial charge in [-0.15, -0.1) is 0 Å². The van der Waals surface area contributed by atoms with Crippen LogP contribution in [0, 0.1) is 0 Å². The SMILES string of the molecule is CC(CCCC(=O)O)NC(=O)C[C@@H](C)NC(=O)OCC1c2ccccc2-c2ccccc21. The summed E-state index contributed by atoms with van der Waals surface area (Å²) in [7, 11) is 0. The van der Waals surface area contributed by atoms with Gasteiger partial charge in [0.2, 0.25) is 5.91 Å². The third-order valence-corrected chi connectivity index (χ3v) is 5.63. The Labute approximate surface area is 188 Å². The number of hydrogen-bond acceptors (Lipinski definition) is 4. The fraction of sp³-hybridized carbons (Fsp3) is 0.400. The third-order valence-electron chi connectivity index (χ3n) is 5.63. The van der Waals surface area contributed by atoms with Gasteiger partial charge in [-0.05, 0) is 48.9 Å². The van der Waals surface area contributed by atoms with Crippen molar-refractivity contribution in [1.29, 1.82) is 0 Å². The summed E-state index contributed by atoms with van der Waals surface area (Å²) in [4.78, 5) is 35.1. The molecule has 7 heteroatoms. The van der Waals surface area contributed by atoms with Crippen molar-refractivity contribution >= 4 is 18.0 Å². The van der Waals surface area contributed by atoms with Crippen molar-refractivity contribution in [2.45, 2.75) is 57.5 Å². The molecule has 0 heterocycles. The number of rotatable bonds is 10. The van der Waals surface area contributed by atoms with Crippen LogP contribution in [0.15, 0.2) is 48.5 Å². The van der Waals surface area contributed by atoms with E-state index in [9.17, 15) is 14.4 Å². The smallest absolute Gasteiger partial charge is 0.407 e. The molecule has 0 saturated carbocycles. The van der Waals surface area contributed by atoms with Crippen molar-refractivity contribution in [3.05, 3.63) is 59.7 Å². The van der Waals surface area contributed by atoms with E-state index in [1.54, 1.807) is 6.92 Å². The number of carbonyl (C=O) groups is 3. The first-order chi connectivity index (χ1) is 15.3. The second kappa shape index (κ2) is 10.8. The minimum absolute atomic E-state index is 0.0154. The fourth-order valence-electron chi connectivity index (χ4n) is 4.14. The molecular weight excluding hydrogens is 408 g/mol. The van der Waals surface area contributed by atoms with Crippen LogP contribution in [-0.2, 0) is 14.3 Å². The van der Waals surface area contributed by atoms with Gasteiger partial charge in [-0.1, -0.05) is 48.5 Å². The molecule has 0 aliphatic heterocycles. The number of amides is 2. The number of carboxylic acid groups (broad SMARTS) is 1. The average molecular weight is 439 g/mol. The largest absolute Gasteiger partial charge is 0.481 e. The van der Waals surface area contributed by atoms with Crippen LogP contribution in [0.5, 0.6) is 0 Å². The zero-order valence-corrected chi connectivity index (χ0v) is 18.5. The van der Waals surface area contributed by atoms with Gasteiger partial charge in [-0.2, -0.15) is 0 Å². The first-order valence-corrected chi connectivity index (χ1v) is 11.0. The predicted molar refractivity (Wildman–Crippen MR) is 121 cm³/mol. The van der Waals surface area contributed by atoms with E-state index in [-0.39, 0.29) is 37.3 Å². The molecule has 1 aliphatic carbocycles.